The number of hydrogen-bond donors (Lipinski definition) is 1. The van der Waals surface area contributed by atoms with E-state index in [2.05, 4.69) is 15.3 Å². The molecule has 0 aliphatic heterocycles. The van der Waals surface area contributed by atoms with Crippen LogP contribution < -0.4 is 10.2 Å². The van der Waals surface area contributed by atoms with Gasteiger partial charge >= 0.3 is 0 Å². The molecule has 7 nitrogen and oxygen atoms in total. The van der Waals surface area contributed by atoms with Gasteiger partial charge in [0.1, 0.15) is 18.2 Å². The number of aromatic nitrogens is 2. The van der Waals surface area contributed by atoms with E-state index < -0.39 is 0 Å². The van der Waals surface area contributed by atoms with E-state index in [1.54, 1.807) is 19.1 Å². The van der Waals surface area contributed by atoms with Crippen LogP contribution in [0, 0.1) is 0 Å². The predicted molar refractivity (Wildman–Crippen MR) is 83.5 cm³/mol. The highest BCUT2D eigenvalue weighted by molar-refractivity contribution is 5.81. The minimum absolute atomic E-state index is 0.0837. The zero-order chi connectivity index (χ0) is 15.8. The second-order valence-electron chi connectivity index (χ2n) is 4.63. The Morgan fingerprint density at radius 1 is 1.33 bits per heavy atom. The van der Waals surface area contributed by atoms with E-state index in [1.807, 2.05) is 31.9 Å². The number of nitrogens with zero attached hydrogens (tertiary/aromatic N) is 4. The second-order valence-corrected chi connectivity index (χ2v) is 4.63. The van der Waals surface area contributed by atoms with Gasteiger partial charge in [-0.1, -0.05) is 0 Å². The summed E-state index contributed by atoms with van der Waals surface area (Å²) in [6.07, 6.45) is 0. The van der Waals surface area contributed by atoms with E-state index in [9.17, 15) is 4.79 Å². The van der Waals surface area contributed by atoms with Gasteiger partial charge in [-0.25, -0.2) is 9.97 Å². The fourth-order valence-electron chi connectivity index (χ4n) is 1.96. The second kappa shape index (κ2) is 8.41. The lowest BCUT2D eigenvalue weighted by Gasteiger charge is -2.24. The van der Waals surface area contributed by atoms with Gasteiger partial charge in [-0.05, 0) is 13.8 Å². The van der Waals surface area contributed by atoms with Crippen LogP contribution in [0.25, 0.3) is 0 Å². The highest BCUT2D eigenvalue weighted by Gasteiger charge is 2.15. The Bertz CT molecular complexity index is 463. The lowest BCUT2D eigenvalue weighted by molar-refractivity contribution is -0.129. The molecule has 0 bridgehead atoms. The Morgan fingerprint density at radius 3 is 2.52 bits per heavy atom. The summed E-state index contributed by atoms with van der Waals surface area (Å²) < 4.78 is 5.07. The molecule has 0 atom stereocenters. The molecule has 1 heterocycles. The number of amides is 1. The van der Waals surface area contributed by atoms with Gasteiger partial charge in [-0.15, -0.1) is 0 Å². The van der Waals surface area contributed by atoms with Crippen LogP contribution in [0.4, 0.5) is 11.6 Å². The van der Waals surface area contributed by atoms with Crippen molar-refractivity contribution in [1.29, 1.82) is 0 Å². The van der Waals surface area contributed by atoms with Crippen molar-refractivity contribution in [2.24, 2.45) is 0 Å². The number of rotatable bonds is 8. The van der Waals surface area contributed by atoms with Crippen LogP contribution in [0.5, 0.6) is 0 Å². The van der Waals surface area contributed by atoms with Gasteiger partial charge in [0.15, 0.2) is 5.82 Å². The number of carbonyl (C=O) groups is 1. The minimum Gasteiger partial charge on any atom is -0.377 e. The lowest BCUT2D eigenvalue weighted by atomic mass is 10.4. The van der Waals surface area contributed by atoms with Gasteiger partial charge in [0.05, 0.1) is 6.54 Å². The van der Waals surface area contributed by atoms with Crippen molar-refractivity contribution in [1.82, 2.24) is 14.9 Å². The van der Waals surface area contributed by atoms with Gasteiger partial charge in [-0.2, -0.15) is 0 Å². The van der Waals surface area contributed by atoms with Crippen LogP contribution in [0.15, 0.2) is 6.07 Å². The monoisotopic (exact) mass is 295 g/mol. The Hall–Kier alpha value is -1.89. The van der Waals surface area contributed by atoms with E-state index in [0.717, 1.165) is 0 Å². The molecule has 0 aromatic carbocycles. The van der Waals surface area contributed by atoms with Crippen molar-refractivity contribution < 1.29 is 9.53 Å². The maximum Gasteiger partial charge on any atom is 0.242 e. The molecule has 0 aliphatic carbocycles. The molecule has 0 unspecified atom stereocenters. The van der Waals surface area contributed by atoms with Crippen molar-refractivity contribution in [3.05, 3.63) is 11.9 Å². The fourth-order valence-corrected chi connectivity index (χ4v) is 1.96. The van der Waals surface area contributed by atoms with Crippen LogP contribution in [0.3, 0.4) is 0 Å². The van der Waals surface area contributed by atoms with Gasteiger partial charge in [0.2, 0.25) is 5.91 Å². The third kappa shape index (κ3) is 4.86. The number of anilines is 2. The Labute approximate surface area is 126 Å². The molecule has 118 valence electrons. The number of carbonyl (C=O) groups excluding carboxylic acids is 1. The van der Waals surface area contributed by atoms with E-state index >= 15 is 0 Å². The van der Waals surface area contributed by atoms with Crippen LogP contribution in [0.1, 0.15) is 19.7 Å². The summed E-state index contributed by atoms with van der Waals surface area (Å²) >= 11 is 0. The zero-order valence-electron chi connectivity index (χ0n) is 13.5. The summed E-state index contributed by atoms with van der Waals surface area (Å²) in [5.41, 5.74) is 0. The van der Waals surface area contributed by atoms with Crippen molar-refractivity contribution >= 4 is 17.5 Å². The van der Waals surface area contributed by atoms with E-state index in [0.29, 0.717) is 37.2 Å². The summed E-state index contributed by atoms with van der Waals surface area (Å²) in [7, 11) is 5.24. The standard InChI is InChI=1S/C14H25N5O2/c1-6-19(7-2)14(20)9-18(4)13-8-11(15-3)16-12(17-13)10-21-5/h8H,6-7,9-10H2,1-5H3,(H,15,16,17). The molecule has 0 fully saturated rings. The Balaban J connectivity index is 2.87. The molecule has 21 heavy (non-hydrogen) atoms. The zero-order valence-corrected chi connectivity index (χ0v) is 13.5. The van der Waals surface area contributed by atoms with Crippen LogP contribution in [-0.4, -0.2) is 61.6 Å². The topological polar surface area (TPSA) is 70.6 Å². The fraction of sp³-hybridized carbons (Fsp3) is 0.643. The first-order chi connectivity index (χ1) is 10.0. The molecule has 1 aromatic heterocycles. The molecule has 0 aliphatic rings. The molecule has 7 heteroatoms. The third-order valence-corrected chi connectivity index (χ3v) is 3.17. The maximum absolute atomic E-state index is 12.2. The van der Waals surface area contributed by atoms with Crippen LogP contribution in [-0.2, 0) is 16.1 Å². The summed E-state index contributed by atoms with van der Waals surface area (Å²) in [6, 6.07) is 1.81. The van der Waals surface area contributed by atoms with Gasteiger partial charge in [0.25, 0.3) is 0 Å². The van der Waals surface area contributed by atoms with Gasteiger partial charge in [0, 0.05) is 40.4 Å². The van der Waals surface area contributed by atoms with E-state index in [4.69, 9.17) is 4.74 Å². The van der Waals surface area contributed by atoms with Crippen LogP contribution in [0.2, 0.25) is 0 Å². The molecular formula is C14H25N5O2. The molecule has 1 aromatic rings. The molecule has 0 radical (unpaired) electrons. The van der Waals surface area contributed by atoms with Crippen molar-refractivity contribution in [2.75, 3.05) is 51.1 Å². The first-order valence-corrected chi connectivity index (χ1v) is 7.09. The highest BCUT2D eigenvalue weighted by Crippen LogP contribution is 2.15. The number of hydrogen-bond acceptors (Lipinski definition) is 6. The van der Waals surface area contributed by atoms with Crippen LogP contribution >= 0.6 is 0 Å². The maximum atomic E-state index is 12.2. The quantitative estimate of drug-likeness (QED) is 0.770. The van der Waals surface area contributed by atoms with E-state index in [1.165, 1.54) is 0 Å². The SMILES string of the molecule is CCN(CC)C(=O)CN(C)c1cc(NC)nc(COC)n1. The average Bonchev–Trinajstić information content (AvgIpc) is 2.48. The molecule has 1 N–H and O–H groups in total. The number of likely N-dealkylation sites (N-methyl/N-ethyl adjacent to an activating group) is 2. The molecule has 0 saturated carbocycles. The van der Waals surface area contributed by atoms with Crippen molar-refractivity contribution in [3.8, 4) is 0 Å². The van der Waals surface area contributed by atoms with Gasteiger partial charge in [-0.3, -0.25) is 4.79 Å². The van der Waals surface area contributed by atoms with Gasteiger partial charge < -0.3 is 19.9 Å². The summed E-state index contributed by atoms with van der Waals surface area (Å²) in [5.74, 6) is 2.07. The number of ether oxygens (including phenoxy) is 1. The summed E-state index contributed by atoms with van der Waals surface area (Å²) in [4.78, 5) is 24.5. The Kier molecular flexibility index (Phi) is 6.87. The molecule has 0 spiro atoms. The number of nitrogens with one attached hydrogen (secondary N) is 1. The lowest BCUT2D eigenvalue weighted by Crippen LogP contribution is -2.39. The smallest absolute Gasteiger partial charge is 0.242 e. The predicted octanol–water partition coefficient (Wildman–Crippen LogP) is 0.969. The normalized spacial score (nSPS) is 10.3. The number of methoxy groups -OCH3 is 1. The van der Waals surface area contributed by atoms with Crippen molar-refractivity contribution in [3.63, 3.8) is 0 Å². The minimum atomic E-state index is 0.0837. The molecular weight excluding hydrogens is 270 g/mol. The third-order valence-electron chi connectivity index (χ3n) is 3.17. The molecule has 1 amide bonds. The van der Waals surface area contributed by atoms with Crippen molar-refractivity contribution in [2.45, 2.75) is 20.5 Å². The Morgan fingerprint density at radius 2 is 2.00 bits per heavy atom. The molecule has 1 rings (SSSR count). The molecule has 0 saturated heterocycles. The highest BCUT2D eigenvalue weighted by atomic mass is 16.5. The van der Waals surface area contributed by atoms with E-state index in [-0.39, 0.29) is 12.5 Å². The summed E-state index contributed by atoms with van der Waals surface area (Å²) in [6.45, 7) is 5.99. The first-order valence-electron chi connectivity index (χ1n) is 7.09. The summed E-state index contributed by atoms with van der Waals surface area (Å²) in [5, 5.41) is 2.99. The first kappa shape index (κ1) is 17.2. The average molecular weight is 295 g/mol. The largest absolute Gasteiger partial charge is 0.377 e.